The van der Waals surface area contributed by atoms with Gasteiger partial charge in [-0.2, -0.15) is 5.26 Å². The fourth-order valence-electron chi connectivity index (χ4n) is 2.79. The van der Waals surface area contributed by atoms with Gasteiger partial charge in [-0.3, -0.25) is 0 Å². The maximum absolute atomic E-state index is 12.0. The van der Waals surface area contributed by atoms with E-state index in [1.54, 1.807) is 0 Å². The van der Waals surface area contributed by atoms with Crippen molar-refractivity contribution in [3.05, 3.63) is 29.8 Å². The molecule has 0 aliphatic carbocycles. The van der Waals surface area contributed by atoms with Crippen LogP contribution in [0.2, 0.25) is 0 Å². The van der Waals surface area contributed by atoms with E-state index in [1.165, 1.54) is 0 Å². The Morgan fingerprint density at radius 3 is 2.90 bits per heavy atom. The number of carbonyl (C=O) groups excluding carboxylic acids is 1. The Kier molecular flexibility index (Phi) is 3.78. The van der Waals surface area contributed by atoms with E-state index in [2.05, 4.69) is 16.7 Å². The van der Waals surface area contributed by atoms with Crippen molar-refractivity contribution < 1.29 is 14.3 Å². The van der Waals surface area contributed by atoms with E-state index >= 15 is 0 Å². The number of ether oxygens (including phenoxy) is 2. The first kappa shape index (κ1) is 13.9. The smallest absolute Gasteiger partial charge is 0.319 e. The van der Waals surface area contributed by atoms with Gasteiger partial charge in [0.15, 0.2) is 0 Å². The molecule has 2 amide bonds. The molecule has 2 fully saturated rings. The summed E-state index contributed by atoms with van der Waals surface area (Å²) in [4.78, 5) is 12.0. The van der Waals surface area contributed by atoms with Gasteiger partial charge in [0.25, 0.3) is 0 Å². The molecule has 0 aromatic heterocycles. The lowest BCUT2D eigenvalue weighted by molar-refractivity contribution is 0.0665. The number of nitrogens with zero attached hydrogens (tertiary/aromatic N) is 1. The largest absolute Gasteiger partial charge is 0.372 e. The molecular weight excluding hydrogens is 270 g/mol. The lowest BCUT2D eigenvalue weighted by Crippen LogP contribution is -2.45. The maximum Gasteiger partial charge on any atom is 0.319 e. The van der Waals surface area contributed by atoms with Crippen molar-refractivity contribution in [3.8, 4) is 6.07 Å². The van der Waals surface area contributed by atoms with E-state index in [9.17, 15) is 4.79 Å². The Labute approximate surface area is 123 Å². The van der Waals surface area contributed by atoms with Gasteiger partial charge in [-0.1, -0.05) is 12.1 Å². The Balaban J connectivity index is 1.58. The predicted octanol–water partition coefficient (Wildman–Crippen LogP) is 1.42. The second-order valence-electron chi connectivity index (χ2n) is 5.41. The monoisotopic (exact) mass is 287 g/mol. The molecule has 0 unspecified atom stereocenters. The number of carbonyl (C=O) groups is 1. The number of hydrogen-bond donors (Lipinski definition) is 2. The number of amides is 2. The molecule has 2 heterocycles. The molecule has 3 rings (SSSR count). The summed E-state index contributed by atoms with van der Waals surface area (Å²) in [5.41, 5.74) is 1.82. The maximum atomic E-state index is 12.0. The summed E-state index contributed by atoms with van der Waals surface area (Å²) in [6.07, 6.45) is -0.475. The molecular formula is C15H17N3O3. The molecule has 21 heavy (non-hydrogen) atoms. The number of nitriles is 1. The van der Waals surface area contributed by atoms with Crippen molar-refractivity contribution in [2.75, 3.05) is 18.5 Å². The van der Waals surface area contributed by atoms with Gasteiger partial charge in [0, 0.05) is 5.69 Å². The van der Waals surface area contributed by atoms with E-state index < -0.39 is 0 Å². The zero-order valence-electron chi connectivity index (χ0n) is 11.7. The minimum Gasteiger partial charge on any atom is -0.372 e. The van der Waals surface area contributed by atoms with Crippen molar-refractivity contribution in [2.24, 2.45) is 5.92 Å². The SMILES string of the molecule is Cc1cccc(NC(=O)N[C@H]2CO[C@H]3[C@@H]2OC[C@@H]3C#N)c1. The summed E-state index contributed by atoms with van der Waals surface area (Å²) in [5.74, 6) is -0.248. The minimum atomic E-state index is -0.293. The first-order valence-corrected chi connectivity index (χ1v) is 6.94. The second kappa shape index (κ2) is 5.72. The Hall–Kier alpha value is -2.10. The summed E-state index contributed by atoms with van der Waals surface area (Å²) < 4.78 is 11.1. The number of rotatable bonds is 2. The van der Waals surface area contributed by atoms with Gasteiger partial charge < -0.3 is 20.1 Å². The Morgan fingerprint density at radius 2 is 2.14 bits per heavy atom. The van der Waals surface area contributed by atoms with E-state index in [-0.39, 0.29) is 30.2 Å². The van der Waals surface area contributed by atoms with Crippen LogP contribution >= 0.6 is 0 Å². The number of nitrogens with one attached hydrogen (secondary N) is 2. The van der Waals surface area contributed by atoms with Crippen LogP contribution in [-0.4, -0.2) is 37.5 Å². The molecule has 2 aliphatic rings. The van der Waals surface area contributed by atoms with Crippen LogP contribution < -0.4 is 10.6 Å². The normalized spacial score (nSPS) is 30.5. The molecule has 1 aromatic carbocycles. The van der Waals surface area contributed by atoms with Crippen molar-refractivity contribution in [1.29, 1.82) is 5.26 Å². The molecule has 4 atom stereocenters. The van der Waals surface area contributed by atoms with Crippen LogP contribution in [0.5, 0.6) is 0 Å². The highest BCUT2D eigenvalue weighted by Crippen LogP contribution is 2.30. The summed E-state index contributed by atoms with van der Waals surface area (Å²) in [7, 11) is 0. The van der Waals surface area contributed by atoms with Crippen molar-refractivity contribution in [2.45, 2.75) is 25.2 Å². The van der Waals surface area contributed by atoms with Crippen molar-refractivity contribution >= 4 is 11.7 Å². The predicted molar refractivity (Wildman–Crippen MR) is 75.7 cm³/mol. The number of aryl methyl sites for hydroxylation is 1. The molecule has 0 spiro atoms. The van der Waals surface area contributed by atoms with E-state index in [0.29, 0.717) is 13.2 Å². The molecule has 6 nitrogen and oxygen atoms in total. The van der Waals surface area contributed by atoms with Gasteiger partial charge in [-0.25, -0.2) is 4.79 Å². The summed E-state index contributed by atoms with van der Waals surface area (Å²) in [5, 5.41) is 14.6. The third-order valence-electron chi connectivity index (χ3n) is 3.81. The van der Waals surface area contributed by atoms with Gasteiger partial charge in [0.05, 0.1) is 31.2 Å². The Morgan fingerprint density at radius 1 is 1.33 bits per heavy atom. The highest BCUT2D eigenvalue weighted by molar-refractivity contribution is 5.89. The fraction of sp³-hybridized carbons (Fsp3) is 0.467. The van der Waals surface area contributed by atoms with E-state index in [0.717, 1.165) is 11.3 Å². The first-order chi connectivity index (χ1) is 10.2. The van der Waals surface area contributed by atoms with Gasteiger partial charge in [-0.15, -0.1) is 0 Å². The van der Waals surface area contributed by atoms with Gasteiger partial charge in [-0.05, 0) is 24.6 Å². The summed E-state index contributed by atoms with van der Waals surface area (Å²) in [6, 6.07) is 9.24. The number of urea groups is 1. The molecule has 0 bridgehead atoms. The van der Waals surface area contributed by atoms with Crippen LogP contribution in [0.4, 0.5) is 10.5 Å². The topological polar surface area (TPSA) is 83.4 Å². The molecule has 0 saturated carbocycles. The summed E-state index contributed by atoms with van der Waals surface area (Å²) in [6.45, 7) is 2.70. The third-order valence-corrected chi connectivity index (χ3v) is 3.81. The molecule has 2 aliphatic heterocycles. The van der Waals surface area contributed by atoms with Crippen LogP contribution in [0.25, 0.3) is 0 Å². The lowest BCUT2D eigenvalue weighted by atomic mass is 10.0. The van der Waals surface area contributed by atoms with Crippen LogP contribution in [0.15, 0.2) is 24.3 Å². The molecule has 2 saturated heterocycles. The Bertz CT molecular complexity index is 584. The van der Waals surface area contributed by atoms with Gasteiger partial charge in [0.2, 0.25) is 0 Å². The van der Waals surface area contributed by atoms with Gasteiger partial charge >= 0.3 is 6.03 Å². The first-order valence-electron chi connectivity index (χ1n) is 6.94. The molecule has 2 N–H and O–H groups in total. The molecule has 110 valence electrons. The van der Waals surface area contributed by atoms with E-state index in [1.807, 2.05) is 31.2 Å². The fourth-order valence-corrected chi connectivity index (χ4v) is 2.79. The number of benzene rings is 1. The minimum absolute atomic E-state index is 0.224. The molecule has 1 aromatic rings. The third kappa shape index (κ3) is 2.84. The van der Waals surface area contributed by atoms with Crippen molar-refractivity contribution in [3.63, 3.8) is 0 Å². The summed E-state index contributed by atoms with van der Waals surface area (Å²) >= 11 is 0. The molecule has 6 heteroatoms. The standard InChI is InChI=1S/C15H17N3O3/c1-9-3-2-4-11(5-9)17-15(19)18-12-8-21-13-10(6-16)7-20-14(12)13/h2-5,10,12-14H,7-8H2,1H3,(H2,17,18,19)/t10-,12-,13+,14+/m0/s1. The zero-order chi connectivity index (χ0) is 14.8. The molecule has 0 radical (unpaired) electrons. The average Bonchev–Trinajstić information content (AvgIpc) is 3.01. The van der Waals surface area contributed by atoms with Crippen LogP contribution in [0.3, 0.4) is 0 Å². The van der Waals surface area contributed by atoms with E-state index in [4.69, 9.17) is 14.7 Å². The average molecular weight is 287 g/mol. The zero-order valence-corrected chi connectivity index (χ0v) is 11.7. The van der Waals surface area contributed by atoms with Crippen LogP contribution in [-0.2, 0) is 9.47 Å². The number of hydrogen-bond acceptors (Lipinski definition) is 4. The number of fused-ring (bicyclic) bond motifs is 1. The number of anilines is 1. The highest BCUT2D eigenvalue weighted by atomic mass is 16.6. The van der Waals surface area contributed by atoms with Crippen LogP contribution in [0.1, 0.15) is 5.56 Å². The quantitative estimate of drug-likeness (QED) is 0.861. The highest BCUT2D eigenvalue weighted by Gasteiger charge is 2.48. The second-order valence-corrected chi connectivity index (χ2v) is 5.41. The van der Waals surface area contributed by atoms with Crippen LogP contribution in [0, 0.1) is 24.2 Å². The van der Waals surface area contributed by atoms with Crippen molar-refractivity contribution in [1.82, 2.24) is 5.32 Å². The lowest BCUT2D eigenvalue weighted by Gasteiger charge is -2.18. The van der Waals surface area contributed by atoms with Gasteiger partial charge in [0.1, 0.15) is 12.2 Å².